The van der Waals surface area contributed by atoms with Crippen molar-refractivity contribution in [2.24, 2.45) is 0 Å². The van der Waals surface area contributed by atoms with Crippen LogP contribution in [-0.4, -0.2) is 11.1 Å². The Balaban J connectivity index is 0.000001000. The normalized spacial score (nSPS) is 8.45. The fourth-order valence-electron chi connectivity index (χ4n) is 0.696. The Morgan fingerprint density at radius 1 is 1.27 bits per heavy atom. The molecule has 11 heavy (non-hydrogen) atoms. The summed E-state index contributed by atoms with van der Waals surface area (Å²) in [6, 6.07) is 6.75. The van der Waals surface area contributed by atoms with Crippen LogP contribution < -0.4 is 0 Å². The number of carboxylic acids is 1. The molecule has 0 heterocycles. The molecule has 0 fully saturated rings. The van der Waals surface area contributed by atoms with Gasteiger partial charge in [-0.05, 0) is 19.1 Å². The number of aromatic carboxylic acids is 1. The summed E-state index contributed by atoms with van der Waals surface area (Å²) in [5.74, 6) is -0.875. The van der Waals surface area contributed by atoms with Crippen molar-refractivity contribution < 1.29 is 35.7 Å². The van der Waals surface area contributed by atoms with Crippen molar-refractivity contribution >= 4 is 5.97 Å². The Morgan fingerprint density at radius 3 is 2.09 bits per heavy atom. The van der Waals surface area contributed by atoms with Gasteiger partial charge in [0.05, 0.1) is 5.56 Å². The van der Waals surface area contributed by atoms with Crippen LogP contribution in [0.1, 0.15) is 15.9 Å². The van der Waals surface area contributed by atoms with E-state index in [0.717, 1.165) is 5.56 Å². The van der Waals surface area contributed by atoms with E-state index >= 15 is 0 Å². The monoisotopic (exact) mass is 181 g/mol. The van der Waals surface area contributed by atoms with E-state index in [2.05, 4.69) is 0 Å². The maximum atomic E-state index is 10.3. The van der Waals surface area contributed by atoms with Gasteiger partial charge in [-0.25, -0.2) is 4.79 Å². The van der Waals surface area contributed by atoms with Crippen LogP contribution in [0, 0.1) is 6.92 Å². The molecule has 0 saturated heterocycles. The molecule has 0 aliphatic carbocycles. The van der Waals surface area contributed by atoms with Gasteiger partial charge < -0.3 is 5.11 Å². The summed E-state index contributed by atoms with van der Waals surface area (Å²) in [4.78, 5) is 10.3. The zero-order valence-electron chi connectivity index (χ0n) is 6.24. The Morgan fingerprint density at radius 2 is 1.73 bits per heavy atom. The Labute approximate surface area is 84.0 Å². The number of rotatable bonds is 1. The third-order valence-corrected chi connectivity index (χ3v) is 1.30. The molecule has 0 atom stereocenters. The van der Waals surface area contributed by atoms with E-state index in [1.807, 2.05) is 6.92 Å². The number of carbonyl (C=O) groups is 1. The van der Waals surface area contributed by atoms with Crippen molar-refractivity contribution in [2.75, 3.05) is 0 Å². The van der Waals surface area contributed by atoms with Gasteiger partial charge in [0, 0.05) is 25.8 Å². The van der Waals surface area contributed by atoms with Crippen LogP contribution >= 0.6 is 0 Å². The van der Waals surface area contributed by atoms with Crippen molar-refractivity contribution in [1.29, 1.82) is 0 Å². The molecule has 0 aliphatic rings. The van der Waals surface area contributed by atoms with E-state index in [-0.39, 0.29) is 25.8 Å². The second-order valence-electron chi connectivity index (χ2n) is 2.17. The van der Waals surface area contributed by atoms with Crippen molar-refractivity contribution in [3.63, 3.8) is 0 Å². The molecule has 0 unspecified atom stereocenters. The van der Waals surface area contributed by atoms with Crippen LogP contribution in [0.3, 0.4) is 0 Å². The molecule has 0 saturated carbocycles. The first kappa shape index (κ1) is 10.6. The molecule has 1 aromatic carbocycles. The third kappa shape index (κ3) is 2.97. The molecule has 0 bridgehead atoms. The number of carboxylic acid groups (broad SMARTS) is 1. The van der Waals surface area contributed by atoms with Crippen molar-refractivity contribution in [3.05, 3.63) is 35.4 Å². The van der Waals surface area contributed by atoms with Crippen LogP contribution in [0.4, 0.5) is 0 Å². The summed E-state index contributed by atoms with van der Waals surface area (Å²) < 4.78 is 0. The maximum Gasteiger partial charge on any atom is 0.335 e. The molecular weight excluding hydrogens is 173 g/mol. The average molecular weight is 181 g/mol. The van der Waals surface area contributed by atoms with E-state index in [4.69, 9.17) is 5.11 Å². The molecule has 0 aromatic heterocycles. The van der Waals surface area contributed by atoms with Crippen molar-refractivity contribution in [2.45, 2.75) is 6.92 Å². The summed E-state index contributed by atoms with van der Waals surface area (Å²) in [6.07, 6.45) is 0. The summed E-state index contributed by atoms with van der Waals surface area (Å²) in [7, 11) is 0. The van der Waals surface area contributed by atoms with Crippen LogP contribution in [0.15, 0.2) is 24.3 Å². The predicted molar refractivity (Wildman–Crippen MR) is 38.1 cm³/mol. The zero-order chi connectivity index (χ0) is 7.56. The minimum Gasteiger partial charge on any atom is -0.478 e. The minimum absolute atomic E-state index is 0. The van der Waals surface area contributed by atoms with E-state index in [1.54, 1.807) is 24.3 Å². The van der Waals surface area contributed by atoms with Gasteiger partial charge in [0.25, 0.3) is 0 Å². The topological polar surface area (TPSA) is 37.3 Å². The number of hydrogen-bond donors (Lipinski definition) is 1. The van der Waals surface area contributed by atoms with E-state index < -0.39 is 5.97 Å². The fraction of sp³-hybridized carbons (Fsp3) is 0.125. The van der Waals surface area contributed by atoms with Gasteiger partial charge in [0.2, 0.25) is 0 Å². The molecule has 1 rings (SSSR count). The molecule has 0 spiro atoms. The molecule has 3 heteroatoms. The third-order valence-electron chi connectivity index (χ3n) is 1.30. The molecule has 1 N–H and O–H groups in total. The molecule has 0 aliphatic heterocycles. The van der Waals surface area contributed by atoms with Gasteiger partial charge in [-0.15, -0.1) is 0 Å². The molecule has 55 valence electrons. The quantitative estimate of drug-likeness (QED) is 0.715. The second-order valence-corrected chi connectivity index (χ2v) is 2.17. The number of aryl methyl sites for hydroxylation is 1. The van der Waals surface area contributed by atoms with Crippen LogP contribution in [0.2, 0.25) is 0 Å². The minimum atomic E-state index is -0.875. The van der Waals surface area contributed by atoms with Crippen molar-refractivity contribution in [3.8, 4) is 0 Å². The van der Waals surface area contributed by atoms with E-state index in [1.165, 1.54) is 0 Å². The van der Waals surface area contributed by atoms with Crippen LogP contribution in [0.25, 0.3) is 0 Å². The maximum absolute atomic E-state index is 10.3. The molecule has 2 nitrogen and oxygen atoms in total. The Hall–Kier alpha value is -0.440. The zero-order valence-corrected chi connectivity index (χ0v) is 8.05. The van der Waals surface area contributed by atoms with Crippen molar-refractivity contribution in [1.82, 2.24) is 0 Å². The van der Waals surface area contributed by atoms with Gasteiger partial charge in [-0.2, -0.15) is 0 Å². The van der Waals surface area contributed by atoms with E-state index in [9.17, 15) is 4.79 Å². The Bertz CT molecular complexity index is 241. The summed E-state index contributed by atoms with van der Waals surface area (Å²) in [5, 5.41) is 8.48. The predicted octanol–water partition coefficient (Wildman–Crippen LogP) is 1.69. The second kappa shape index (κ2) is 4.44. The SMILES string of the molecule is Cc1ccc(C(=O)O)cc1.[Sc]. The van der Waals surface area contributed by atoms with Gasteiger partial charge in [0.15, 0.2) is 0 Å². The molecule has 1 radical (unpaired) electrons. The van der Waals surface area contributed by atoms with E-state index in [0.29, 0.717) is 5.56 Å². The van der Waals surface area contributed by atoms with Gasteiger partial charge in [-0.3, -0.25) is 0 Å². The van der Waals surface area contributed by atoms with Crippen LogP contribution in [-0.2, 0) is 25.8 Å². The first-order chi connectivity index (χ1) is 4.70. The van der Waals surface area contributed by atoms with Crippen LogP contribution in [0.5, 0.6) is 0 Å². The first-order valence-electron chi connectivity index (χ1n) is 3.00. The summed E-state index contributed by atoms with van der Waals surface area (Å²) >= 11 is 0. The average Bonchev–Trinajstić information content (AvgIpc) is 1.88. The first-order valence-corrected chi connectivity index (χ1v) is 3.00. The fourth-order valence-corrected chi connectivity index (χ4v) is 0.696. The largest absolute Gasteiger partial charge is 0.478 e. The molecule has 0 amide bonds. The summed E-state index contributed by atoms with van der Waals surface area (Å²) in [5.41, 5.74) is 1.41. The van der Waals surface area contributed by atoms with Gasteiger partial charge >= 0.3 is 5.97 Å². The van der Waals surface area contributed by atoms with Gasteiger partial charge in [-0.1, -0.05) is 17.7 Å². The molecular formula is C8H8O2Sc. The number of benzene rings is 1. The Kier molecular flexibility index (Phi) is 4.26. The standard InChI is InChI=1S/C8H8O2.Sc/c1-6-2-4-7(5-3-6)8(9)10;/h2-5H,1H3,(H,9,10);. The smallest absolute Gasteiger partial charge is 0.335 e. The number of hydrogen-bond acceptors (Lipinski definition) is 1. The molecule has 1 aromatic rings. The van der Waals surface area contributed by atoms with Gasteiger partial charge in [0.1, 0.15) is 0 Å². The summed E-state index contributed by atoms with van der Waals surface area (Å²) in [6.45, 7) is 1.92.